The predicted octanol–water partition coefficient (Wildman–Crippen LogP) is -0.438. The zero-order valence-corrected chi connectivity index (χ0v) is 10.4. The van der Waals surface area contributed by atoms with E-state index in [0.717, 1.165) is 6.20 Å². The number of sulfonamides is 1. The standard InChI is InChI=1S/C8H10N4O3S2/c1-5(13)11-7-3-2-6(4-10-7)17(14,15)12-8(9)16/h2-4H,1H3,(H3,9,12,16)(H,10,11,13). The Labute approximate surface area is 103 Å². The van der Waals surface area contributed by atoms with Crippen molar-refractivity contribution in [1.82, 2.24) is 9.71 Å². The SMILES string of the molecule is CC(=O)Nc1ccc(S(=O)(=O)NC(N)=S)cn1. The summed E-state index contributed by atoms with van der Waals surface area (Å²) in [7, 11) is -3.80. The zero-order valence-electron chi connectivity index (χ0n) is 8.80. The van der Waals surface area contributed by atoms with Crippen molar-refractivity contribution in [3.05, 3.63) is 18.3 Å². The lowest BCUT2D eigenvalue weighted by Gasteiger charge is -2.06. The zero-order chi connectivity index (χ0) is 13.1. The van der Waals surface area contributed by atoms with Crippen molar-refractivity contribution in [2.45, 2.75) is 11.8 Å². The second-order valence-electron chi connectivity index (χ2n) is 3.03. The highest BCUT2D eigenvalue weighted by Crippen LogP contribution is 2.10. The van der Waals surface area contributed by atoms with E-state index in [1.54, 1.807) is 0 Å². The second-order valence-corrected chi connectivity index (χ2v) is 5.15. The van der Waals surface area contributed by atoms with Crippen LogP contribution in [0.2, 0.25) is 0 Å². The third-order valence-electron chi connectivity index (χ3n) is 1.59. The van der Waals surface area contributed by atoms with Crippen molar-refractivity contribution in [2.24, 2.45) is 5.73 Å². The van der Waals surface area contributed by atoms with Crippen molar-refractivity contribution in [3.63, 3.8) is 0 Å². The Balaban J connectivity index is 2.94. The van der Waals surface area contributed by atoms with E-state index in [9.17, 15) is 13.2 Å². The molecule has 0 saturated heterocycles. The third-order valence-corrected chi connectivity index (χ3v) is 3.17. The highest BCUT2D eigenvalue weighted by Gasteiger charge is 2.14. The van der Waals surface area contributed by atoms with Crippen LogP contribution in [0.15, 0.2) is 23.2 Å². The number of anilines is 1. The Hall–Kier alpha value is -1.74. The molecular formula is C8H10N4O3S2. The quantitative estimate of drug-likeness (QED) is 0.644. The lowest BCUT2D eigenvalue weighted by atomic mass is 10.4. The van der Waals surface area contributed by atoms with Crippen LogP contribution in [-0.2, 0) is 14.8 Å². The molecule has 0 atom stereocenters. The molecule has 17 heavy (non-hydrogen) atoms. The number of pyridine rings is 1. The monoisotopic (exact) mass is 274 g/mol. The number of nitrogens with zero attached hydrogens (tertiary/aromatic N) is 1. The van der Waals surface area contributed by atoms with Crippen LogP contribution in [0.5, 0.6) is 0 Å². The summed E-state index contributed by atoms with van der Waals surface area (Å²) in [6, 6.07) is 2.63. The summed E-state index contributed by atoms with van der Waals surface area (Å²) in [6.07, 6.45) is 1.09. The molecule has 7 nitrogen and oxygen atoms in total. The van der Waals surface area contributed by atoms with Crippen molar-refractivity contribution < 1.29 is 13.2 Å². The van der Waals surface area contributed by atoms with Gasteiger partial charge in [-0.1, -0.05) is 0 Å². The Morgan fingerprint density at radius 1 is 1.47 bits per heavy atom. The van der Waals surface area contributed by atoms with Crippen molar-refractivity contribution in [2.75, 3.05) is 5.32 Å². The highest BCUT2D eigenvalue weighted by atomic mass is 32.2. The van der Waals surface area contributed by atoms with Gasteiger partial charge in [0.1, 0.15) is 10.7 Å². The van der Waals surface area contributed by atoms with Crippen LogP contribution in [-0.4, -0.2) is 24.4 Å². The smallest absolute Gasteiger partial charge is 0.265 e. The van der Waals surface area contributed by atoms with Crippen LogP contribution in [0.1, 0.15) is 6.92 Å². The summed E-state index contributed by atoms with van der Waals surface area (Å²) in [5, 5.41) is 2.06. The molecule has 1 rings (SSSR count). The molecule has 0 aromatic carbocycles. The number of amides is 1. The minimum Gasteiger partial charge on any atom is -0.376 e. The van der Waals surface area contributed by atoms with Gasteiger partial charge in [-0.05, 0) is 24.4 Å². The van der Waals surface area contributed by atoms with E-state index in [0.29, 0.717) is 0 Å². The van der Waals surface area contributed by atoms with Gasteiger partial charge >= 0.3 is 0 Å². The number of hydrogen-bond acceptors (Lipinski definition) is 5. The van der Waals surface area contributed by atoms with Crippen LogP contribution in [0.3, 0.4) is 0 Å². The van der Waals surface area contributed by atoms with Crippen LogP contribution in [0, 0.1) is 0 Å². The molecule has 0 aliphatic carbocycles. The third kappa shape index (κ3) is 3.96. The fourth-order valence-electron chi connectivity index (χ4n) is 0.985. The van der Waals surface area contributed by atoms with E-state index in [2.05, 4.69) is 22.5 Å². The van der Waals surface area contributed by atoms with Gasteiger partial charge in [0, 0.05) is 13.1 Å². The summed E-state index contributed by atoms with van der Waals surface area (Å²) >= 11 is 4.44. The number of carbonyl (C=O) groups excluding carboxylic acids is 1. The molecule has 0 aliphatic heterocycles. The summed E-state index contributed by atoms with van der Waals surface area (Å²) in [5.74, 6) is -0.0406. The molecule has 92 valence electrons. The number of nitrogens with two attached hydrogens (primary N) is 1. The van der Waals surface area contributed by atoms with E-state index in [1.165, 1.54) is 19.1 Å². The Morgan fingerprint density at radius 3 is 2.53 bits per heavy atom. The van der Waals surface area contributed by atoms with Gasteiger partial charge in [-0.3, -0.25) is 9.52 Å². The summed E-state index contributed by atoms with van der Waals surface area (Å²) in [4.78, 5) is 14.4. The number of rotatable bonds is 3. The summed E-state index contributed by atoms with van der Waals surface area (Å²) in [6.45, 7) is 1.32. The van der Waals surface area contributed by atoms with Crippen molar-refractivity contribution in [1.29, 1.82) is 0 Å². The van der Waals surface area contributed by atoms with Crippen molar-refractivity contribution in [3.8, 4) is 0 Å². The molecule has 1 heterocycles. The fraction of sp³-hybridized carbons (Fsp3) is 0.125. The van der Waals surface area contributed by atoms with E-state index in [1.807, 2.05) is 4.72 Å². The molecule has 1 aromatic heterocycles. The molecule has 1 amide bonds. The van der Waals surface area contributed by atoms with Gasteiger partial charge in [-0.2, -0.15) is 0 Å². The van der Waals surface area contributed by atoms with Gasteiger partial charge in [-0.25, -0.2) is 13.4 Å². The largest absolute Gasteiger partial charge is 0.376 e. The molecule has 0 unspecified atom stereocenters. The Bertz CT molecular complexity index is 538. The van der Waals surface area contributed by atoms with Gasteiger partial charge in [0.15, 0.2) is 5.11 Å². The molecule has 0 radical (unpaired) electrons. The van der Waals surface area contributed by atoms with Crippen LogP contribution < -0.4 is 15.8 Å². The number of aromatic nitrogens is 1. The molecule has 0 bridgehead atoms. The Morgan fingerprint density at radius 2 is 2.12 bits per heavy atom. The average molecular weight is 274 g/mol. The minimum atomic E-state index is -3.80. The normalized spacial score (nSPS) is 10.6. The van der Waals surface area contributed by atoms with Gasteiger partial charge in [0.05, 0.1) is 0 Å². The molecule has 0 saturated carbocycles. The number of hydrogen-bond donors (Lipinski definition) is 3. The predicted molar refractivity (Wildman–Crippen MR) is 65.6 cm³/mol. The van der Waals surface area contributed by atoms with Crippen LogP contribution in [0.4, 0.5) is 5.82 Å². The first-order chi connectivity index (χ1) is 7.81. The molecular weight excluding hydrogens is 264 g/mol. The lowest BCUT2D eigenvalue weighted by molar-refractivity contribution is -0.114. The second kappa shape index (κ2) is 5.06. The van der Waals surface area contributed by atoms with Gasteiger partial charge < -0.3 is 11.1 Å². The maximum Gasteiger partial charge on any atom is 0.265 e. The van der Waals surface area contributed by atoms with E-state index in [-0.39, 0.29) is 21.7 Å². The van der Waals surface area contributed by atoms with Crippen molar-refractivity contribution >= 4 is 39.1 Å². The van der Waals surface area contributed by atoms with Gasteiger partial charge in [-0.15, -0.1) is 0 Å². The van der Waals surface area contributed by atoms with Gasteiger partial charge in [0.25, 0.3) is 10.0 Å². The molecule has 9 heteroatoms. The first-order valence-electron chi connectivity index (χ1n) is 4.37. The van der Waals surface area contributed by atoms with Gasteiger partial charge in [0.2, 0.25) is 5.91 Å². The number of carbonyl (C=O) groups is 1. The maximum atomic E-state index is 11.6. The lowest BCUT2D eigenvalue weighted by Crippen LogP contribution is -2.34. The van der Waals surface area contributed by atoms with E-state index in [4.69, 9.17) is 5.73 Å². The number of nitrogens with one attached hydrogen (secondary N) is 2. The molecule has 4 N–H and O–H groups in total. The Kier molecular flexibility index (Phi) is 3.97. The summed E-state index contributed by atoms with van der Waals surface area (Å²) in [5.41, 5.74) is 5.08. The van der Waals surface area contributed by atoms with E-state index < -0.39 is 10.0 Å². The molecule has 0 fully saturated rings. The topological polar surface area (TPSA) is 114 Å². The van der Waals surface area contributed by atoms with Crippen LogP contribution in [0.25, 0.3) is 0 Å². The molecule has 1 aromatic rings. The minimum absolute atomic E-state index is 0.0978. The summed E-state index contributed by atoms with van der Waals surface area (Å²) < 4.78 is 25.1. The first-order valence-corrected chi connectivity index (χ1v) is 6.26. The number of thiocarbonyl (C=S) groups is 1. The molecule has 0 aliphatic rings. The molecule has 0 spiro atoms. The first kappa shape index (κ1) is 13.3. The highest BCUT2D eigenvalue weighted by molar-refractivity contribution is 7.91. The van der Waals surface area contributed by atoms with Crippen LogP contribution >= 0.6 is 12.2 Å². The fourth-order valence-corrected chi connectivity index (χ4v) is 2.14. The van der Waals surface area contributed by atoms with E-state index >= 15 is 0 Å². The maximum absolute atomic E-state index is 11.6. The average Bonchev–Trinajstić information content (AvgIpc) is 2.15.